The molecule has 0 aliphatic carbocycles. The van der Waals surface area contributed by atoms with Crippen molar-refractivity contribution < 1.29 is 21.6 Å². The number of hydrogen-bond acceptors (Lipinski definition) is 5. The van der Waals surface area contributed by atoms with E-state index in [1.807, 2.05) is 0 Å². The zero-order chi connectivity index (χ0) is 28.2. The lowest BCUT2D eigenvalue weighted by Gasteiger charge is -2.24. The Kier molecular flexibility index (Phi) is 8.65. The number of nitrogens with zero attached hydrogens (tertiary/aromatic N) is 1. The van der Waals surface area contributed by atoms with Crippen LogP contribution in [0.4, 0.5) is 17.1 Å². The molecular formula is C27H23BrClN3O5S2. The fraction of sp³-hybridized carbons (Fsp3) is 0.0741. The first-order valence-corrected chi connectivity index (χ1v) is 15.6. The molecule has 0 radical (unpaired) electrons. The second-order valence-corrected chi connectivity index (χ2v) is 13.3. The van der Waals surface area contributed by atoms with Crippen LogP contribution >= 0.6 is 27.5 Å². The van der Waals surface area contributed by atoms with Crippen LogP contribution in [0.2, 0.25) is 5.02 Å². The summed E-state index contributed by atoms with van der Waals surface area (Å²) in [4.78, 5) is 13.0. The van der Waals surface area contributed by atoms with Crippen molar-refractivity contribution in [1.82, 2.24) is 0 Å². The van der Waals surface area contributed by atoms with Crippen LogP contribution in [-0.4, -0.2) is 29.3 Å². The summed E-state index contributed by atoms with van der Waals surface area (Å²) >= 11 is 9.43. The third-order valence-corrected chi connectivity index (χ3v) is 9.75. The molecule has 4 rings (SSSR count). The van der Waals surface area contributed by atoms with Crippen LogP contribution in [-0.2, 0) is 24.8 Å². The largest absolute Gasteiger partial charge is 0.325 e. The maximum atomic E-state index is 13.4. The first-order chi connectivity index (χ1) is 18.5. The van der Waals surface area contributed by atoms with Crippen LogP contribution < -0.4 is 14.3 Å². The number of carbonyl (C=O) groups excluding carboxylic acids is 1. The summed E-state index contributed by atoms with van der Waals surface area (Å²) in [5.41, 5.74) is 1.54. The van der Waals surface area contributed by atoms with Crippen LogP contribution in [0.15, 0.2) is 111 Å². The fourth-order valence-electron chi connectivity index (χ4n) is 3.64. The molecule has 0 spiro atoms. The molecule has 202 valence electrons. The Balaban J connectivity index is 1.53. The highest BCUT2D eigenvalue weighted by Crippen LogP contribution is 2.28. The monoisotopic (exact) mass is 647 g/mol. The Bertz CT molecular complexity index is 1720. The molecule has 0 fully saturated rings. The SMILES string of the molecule is Cc1c(Cl)cccc1NS(=O)(=O)c1ccc(NC(=O)CN(c2cccc(Br)c2)S(=O)(=O)c2ccccc2)cc1. The van der Waals surface area contributed by atoms with Crippen LogP contribution in [0.5, 0.6) is 0 Å². The maximum absolute atomic E-state index is 13.4. The Labute approximate surface area is 240 Å². The van der Waals surface area contributed by atoms with Gasteiger partial charge in [0.05, 0.1) is 21.2 Å². The van der Waals surface area contributed by atoms with Crippen molar-refractivity contribution in [2.24, 2.45) is 0 Å². The predicted octanol–water partition coefficient (Wildman–Crippen LogP) is 6.05. The highest BCUT2D eigenvalue weighted by molar-refractivity contribution is 9.10. The summed E-state index contributed by atoms with van der Waals surface area (Å²) < 4.78 is 56.7. The van der Waals surface area contributed by atoms with Gasteiger partial charge < -0.3 is 5.32 Å². The Morgan fingerprint density at radius 2 is 1.51 bits per heavy atom. The molecule has 1 amide bonds. The molecular weight excluding hydrogens is 626 g/mol. The number of amides is 1. The number of rotatable bonds is 9. The number of sulfonamides is 2. The molecule has 12 heteroatoms. The Hall–Kier alpha value is -3.38. The number of halogens is 2. The zero-order valence-electron chi connectivity index (χ0n) is 20.5. The van der Waals surface area contributed by atoms with Gasteiger partial charge in [-0.05, 0) is 79.2 Å². The molecule has 0 aliphatic heterocycles. The van der Waals surface area contributed by atoms with Crippen LogP contribution in [0.1, 0.15) is 5.56 Å². The van der Waals surface area contributed by atoms with Gasteiger partial charge in [0.15, 0.2) is 0 Å². The van der Waals surface area contributed by atoms with Gasteiger partial charge in [-0.1, -0.05) is 57.9 Å². The number of nitrogens with one attached hydrogen (secondary N) is 2. The van der Waals surface area contributed by atoms with E-state index in [0.29, 0.717) is 32.1 Å². The maximum Gasteiger partial charge on any atom is 0.264 e. The summed E-state index contributed by atoms with van der Waals surface area (Å²) in [6, 6.07) is 24.8. The number of anilines is 3. The summed E-state index contributed by atoms with van der Waals surface area (Å²) in [7, 11) is -7.99. The van der Waals surface area contributed by atoms with Crippen LogP contribution in [0, 0.1) is 6.92 Å². The third kappa shape index (κ3) is 6.80. The van der Waals surface area contributed by atoms with Gasteiger partial charge in [0.1, 0.15) is 6.54 Å². The molecule has 0 saturated heterocycles. The molecule has 8 nitrogen and oxygen atoms in total. The van der Waals surface area contributed by atoms with Gasteiger partial charge in [-0.25, -0.2) is 16.8 Å². The smallest absolute Gasteiger partial charge is 0.264 e. The standard InChI is InChI=1S/C27H23BrClN3O5S2/c1-19-25(29)11-6-12-26(19)31-38(34,35)23-15-13-21(14-16-23)30-27(33)18-32(22-8-5-7-20(28)17-22)39(36,37)24-9-3-2-4-10-24/h2-17,31H,18H2,1H3,(H,30,33). The van der Waals surface area contributed by atoms with E-state index in [2.05, 4.69) is 26.0 Å². The zero-order valence-corrected chi connectivity index (χ0v) is 24.5. The number of benzene rings is 4. The van der Waals surface area contributed by atoms with Crippen molar-refractivity contribution in [3.05, 3.63) is 112 Å². The minimum Gasteiger partial charge on any atom is -0.325 e. The quantitative estimate of drug-likeness (QED) is 0.230. The lowest BCUT2D eigenvalue weighted by atomic mass is 10.2. The molecule has 0 unspecified atom stereocenters. The molecule has 0 saturated carbocycles. The second kappa shape index (κ2) is 11.8. The second-order valence-electron chi connectivity index (χ2n) is 8.40. The molecule has 0 atom stereocenters. The Morgan fingerprint density at radius 1 is 0.846 bits per heavy atom. The first kappa shape index (κ1) is 28.6. The number of carbonyl (C=O) groups is 1. The van der Waals surface area contributed by atoms with E-state index in [0.717, 1.165) is 4.31 Å². The van der Waals surface area contributed by atoms with Gasteiger partial charge in [0, 0.05) is 15.2 Å². The average Bonchev–Trinajstić information content (AvgIpc) is 2.90. The fourth-order valence-corrected chi connectivity index (χ4v) is 6.75. The highest BCUT2D eigenvalue weighted by atomic mass is 79.9. The lowest BCUT2D eigenvalue weighted by molar-refractivity contribution is -0.114. The van der Waals surface area contributed by atoms with Gasteiger partial charge in [-0.2, -0.15) is 0 Å². The molecule has 0 heterocycles. The van der Waals surface area contributed by atoms with Crippen molar-refractivity contribution in [1.29, 1.82) is 0 Å². The van der Waals surface area contributed by atoms with Gasteiger partial charge in [0.25, 0.3) is 20.0 Å². The van der Waals surface area contributed by atoms with Crippen LogP contribution in [0.25, 0.3) is 0 Å². The van der Waals surface area contributed by atoms with Crippen molar-refractivity contribution in [2.45, 2.75) is 16.7 Å². The van der Waals surface area contributed by atoms with Gasteiger partial charge in [0.2, 0.25) is 5.91 Å². The van der Waals surface area contributed by atoms with Crippen molar-refractivity contribution in [3.63, 3.8) is 0 Å². The van der Waals surface area contributed by atoms with E-state index in [1.54, 1.807) is 67.6 Å². The number of hydrogen-bond donors (Lipinski definition) is 2. The van der Waals surface area contributed by atoms with E-state index in [-0.39, 0.29) is 9.79 Å². The average molecular weight is 649 g/mol. The minimum absolute atomic E-state index is 0.0257. The molecule has 0 aliphatic rings. The van der Waals surface area contributed by atoms with Gasteiger partial charge in [-0.15, -0.1) is 0 Å². The minimum atomic E-state index is -4.07. The summed E-state index contributed by atoms with van der Waals surface area (Å²) in [5.74, 6) is -0.613. The van der Waals surface area contributed by atoms with E-state index in [4.69, 9.17) is 11.6 Å². The highest BCUT2D eigenvalue weighted by Gasteiger charge is 2.27. The van der Waals surface area contributed by atoms with Crippen molar-refractivity contribution in [2.75, 3.05) is 20.9 Å². The van der Waals surface area contributed by atoms with Gasteiger partial charge in [-0.3, -0.25) is 13.8 Å². The molecule has 0 bridgehead atoms. The van der Waals surface area contributed by atoms with Crippen molar-refractivity contribution in [3.8, 4) is 0 Å². The summed E-state index contributed by atoms with van der Waals surface area (Å²) in [5, 5.41) is 3.07. The van der Waals surface area contributed by atoms with E-state index in [1.165, 1.54) is 36.4 Å². The van der Waals surface area contributed by atoms with Crippen LogP contribution in [0.3, 0.4) is 0 Å². The Morgan fingerprint density at radius 3 is 2.18 bits per heavy atom. The summed E-state index contributed by atoms with van der Waals surface area (Å²) in [6.07, 6.45) is 0. The first-order valence-electron chi connectivity index (χ1n) is 11.5. The lowest BCUT2D eigenvalue weighted by Crippen LogP contribution is -2.38. The summed E-state index contributed by atoms with van der Waals surface area (Å²) in [6.45, 7) is 1.19. The van der Waals surface area contributed by atoms with E-state index in [9.17, 15) is 21.6 Å². The topological polar surface area (TPSA) is 113 Å². The predicted molar refractivity (Wildman–Crippen MR) is 157 cm³/mol. The van der Waals surface area contributed by atoms with E-state index >= 15 is 0 Å². The molecule has 2 N–H and O–H groups in total. The third-order valence-electron chi connectivity index (χ3n) is 5.67. The van der Waals surface area contributed by atoms with Gasteiger partial charge >= 0.3 is 0 Å². The molecule has 4 aromatic carbocycles. The van der Waals surface area contributed by atoms with Crippen molar-refractivity contribution >= 4 is 70.5 Å². The van der Waals surface area contributed by atoms with E-state index < -0.39 is 32.5 Å². The molecule has 0 aromatic heterocycles. The molecule has 4 aromatic rings. The molecule has 39 heavy (non-hydrogen) atoms. The normalized spacial score (nSPS) is 11.6.